The van der Waals surface area contributed by atoms with E-state index in [1.165, 1.54) is 13.2 Å². The second-order valence-corrected chi connectivity index (χ2v) is 5.99. The number of sulfone groups is 1. The maximum absolute atomic E-state index is 12.0. The molecule has 0 bridgehead atoms. The van der Waals surface area contributed by atoms with Gasteiger partial charge in [0.05, 0.1) is 7.11 Å². The Kier molecular flexibility index (Phi) is 4.28. The van der Waals surface area contributed by atoms with E-state index in [0.717, 1.165) is 0 Å². The van der Waals surface area contributed by atoms with Crippen molar-refractivity contribution < 1.29 is 17.9 Å². The highest BCUT2D eigenvalue weighted by Crippen LogP contribution is 2.24. The minimum atomic E-state index is -3.62. The van der Waals surface area contributed by atoms with E-state index in [0.29, 0.717) is 0 Å². The maximum Gasteiger partial charge on any atom is 0.189 e. The van der Waals surface area contributed by atoms with E-state index in [-0.39, 0.29) is 22.3 Å². The lowest BCUT2D eigenvalue weighted by Crippen LogP contribution is -2.20. The Hall–Kier alpha value is -1.36. The summed E-state index contributed by atoms with van der Waals surface area (Å²) in [7, 11) is -2.22. The lowest BCUT2D eigenvalue weighted by atomic mass is 10.1. The molecule has 1 aromatic carbocycles. The van der Waals surface area contributed by atoms with Gasteiger partial charge in [-0.2, -0.15) is 0 Å². The van der Waals surface area contributed by atoms with Crippen LogP contribution in [0.3, 0.4) is 0 Å². The zero-order valence-corrected chi connectivity index (χ0v) is 11.0. The van der Waals surface area contributed by atoms with Gasteiger partial charge in [0, 0.05) is 5.92 Å². The Morgan fingerprint density at radius 3 is 2.41 bits per heavy atom. The Labute approximate surface area is 102 Å². The lowest BCUT2D eigenvalue weighted by Gasteiger charge is -2.09. The molecule has 0 saturated carbocycles. The smallest absolute Gasteiger partial charge is 0.189 e. The number of Topliss-reactive ketones (excluding diaryl/α,β-unsaturated/α-hetero) is 1. The summed E-state index contributed by atoms with van der Waals surface area (Å²) in [6, 6.07) is 6.30. The van der Waals surface area contributed by atoms with Crippen molar-refractivity contribution in [1.82, 2.24) is 0 Å². The van der Waals surface area contributed by atoms with E-state index in [2.05, 4.69) is 0 Å². The molecule has 0 aliphatic carbocycles. The summed E-state index contributed by atoms with van der Waals surface area (Å²) in [5, 5.41) is 0. The molecule has 0 spiro atoms. The number of methoxy groups -OCH3 is 1. The molecule has 94 valence electrons. The fraction of sp³-hybridized carbons (Fsp3) is 0.417. The first-order chi connectivity index (χ1) is 7.88. The number of carbonyl (C=O) groups is 1. The molecule has 0 radical (unpaired) electrons. The average molecular weight is 256 g/mol. The van der Waals surface area contributed by atoms with Crippen molar-refractivity contribution in [2.45, 2.75) is 18.7 Å². The van der Waals surface area contributed by atoms with Gasteiger partial charge in [0.15, 0.2) is 15.6 Å². The standard InChI is InChI=1S/C12H16O4S/c1-9(2)10(13)8-17(14,15)12-7-5-4-6-11(12)16-3/h4-7,9H,8H2,1-3H3. The molecule has 0 unspecified atom stereocenters. The molecule has 0 aromatic heterocycles. The van der Waals surface area contributed by atoms with Gasteiger partial charge in [0.1, 0.15) is 16.4 Å². The number of ether oxygens (including phenoxy) is 1. The summed E-state index contributed by atoms with van der Waals surface area (Å²) < 4.78 is 29.0. The molecule has 5 heteroatoms. The van der Waals surface area contributed by atoms with Crippen LogP contribution in [0.5, 0.6) is 5.75 Å². The molecule has 4 nitrogen and oxygen atoms in total. The van der Waals surface area contributed by atoms with Crippen LogP contribution in [0.4, 0.5) is 0 Å². The molecule has 17 heavy (non-hydrogen) atoms. The van der Waals surface area contributed by atoms with Crippen molar-refractivity contribution in [1.29, 1.82) is 0 Å². The Morgan fingerprint density at radius 1 is 1.29 bits per heavy atom. The van der Waals surface area contributed by atoms with E-state index in [9.17, 15) is 13.2 Å². The normalized spacial score (nSPS) is 11.5. The molecular weight excluding hydrogens is 240 g/mol. The third-order valence-corrected chi connectivity index (χ3v) is 4.05. The average Bonchev–Trinajstić information content (AvgIpc) is 2.28. The van der Waals surface area contributed by atoms with Gasteiger partial charge in [-0.1, -0.05) is 26.0 Å². The van der Waals surface area contributed by atoms with Crippen LogP contribution in [0.15, 0.2) is 29.2 Å². The van der Waals surface area contributed by atoms with Crippen molar-refractivity contribution >= 4 is 15.6 Å². The number of rotatable bonds is 5. The van der Waals surface area contributed by atoms with Gasteiger partial charge in [-0.25, -0.2) is 8.42 Å². The molecule has 1 aromatic rings. The molecule has 0 N–H and O–H groups in total. The minimum absolute atomic E-state index is 0.0662. The van der Waals surface area contributed by atoms with E-state index in [1.54, 1.807) is 32.0 Å². The third kappa shape index (κ3) is 3.30. The zero-order chi connectivity index (χ0) is 13.1. The number of carbonyl (C=O) groups excluding carboxylic acids is 1. The number of hydrogen-bond acceptors (Lipinski definition) is 4. The highest BCUT2D eigenvalue weighted by molar-refractivity contribution is 7.92. The van der Waals surface area contributed by atoms with Gasteiger partial charge in [-0.3, -0.25) is 4.79 Å². The Morgan fingerprint density at radius 2 is 1.88 bits per heavy atom. The molecule has 0 atom stereocenters. The monoisotopic (exact) mass is 256 g/mol. The molecule has 0 aliphatic rings. The van der Waals surface area contributed by atoms with Crippen LogP contribution in [0.2, 0.25) is 0 Å². The van der Waals surface area contributed by atoms with Crippen LogP contribution >= 0.6 is 0 Å². The van der Waals surface area contributed by atoms with Crippen LogP contribution in [0.25, 0.3) is 0 Å². The van der Waals surface area contributed by atoms with Crippen molar-refractivity contribution in [2.24, 2.45) is 5.92 Å². The predicted molar refractivity (Wildman–Crippen MR) is 64.9 cm³/mol. The van der Waals surface area contributed by atoms with Crippen LogP contribution in [0, 0.1) is 5.92 Å². The van der Waals surface area contributed by atoms with Crippen molar-refractivity contribution in [3.63, 3.8) is 0 Å². The lowest BCUT2D eigenvalue weighted by molar-refractivity contribution is -0.119. The summed E-state index contributed by atoms with van der Waals surface area (Å²) in [6.45, 7) is 3.36. The maximum atomic E-state index is 12.0. The Balaban J connectivity index is 3.10. The van der Waals surface area contributed by atoms with Gasteiger partial charge in [-0.15, -0.1) is 0 Å². The minimum Gasteiger partial charge on any atom is -0.495 e. The van der Waals surface area contributed by atoms with Crippen molar-refractivity contribution in [2.75, 3.05) is 12.9 Å². The molecule has 0 aliphatic heterocycles. The van der Waals surface area contributed by atoms with Crippen molar-refractivity contribution in [3.05, 3.63) is 24.3 Å². The first-order valence-electron chi connectivity index (χ1n) is 5.27. The van der Waals surface area contributed by atoms with E-state index >= 15 is 0 Å². The topological polar surface area (TPSA) is 60.4 Å². The summed E-state index contributed by atoms with van der Waals surface area (Å²) in [6.07, 6.45) is 0. The van der Waals surface area contributed by atoms with Crippen molar-refractivity contribution in [3.8, 4) is 5.75 Å². The largest absolute Gasteiger partial charge is 0.495 e. The third-order valence-electron chi connectivity index (χ3n) is 2.38. The van der Waals surface area contributed by atoms with Gasteiger partial charge in [-0.05, 0) is 12.1 Å². The summed E-state index contributed by atoms with van der Waals surface area (Å²) in [4.78, 5) is 11.6. The van der Waals surface area contributed by atoms with Gasteiger partial charge >= 0.3 is 0 Å². The first kappa shape index (κ1) is 13.7. The van der Waals surface area contributed by atoms with E-state index in [1.807, 2.05) is 0 Å². The summed E-state index contributed by atoms with van der Waals surface area (Å²) in [5.41, 5.74) is 0. The van der Waals surface area contributed by atoms with Crippen LogP contribution < -0.4 is 4.74 Å². The number of ketones is 1. The molecule has 0 amide bonds. The second-order valence-electron chi connectivity index (χ2n) is 4.03. The molecule has 0 heterocycles. The highest BCUT2D eigenvalue weighted by Gasteiger charge is 2.23. The Bertz CT molecular complexity index is 503. The second kappa shape index (κ2) is 5.31. The summed E-state index contributed by atoms with van der Waals surface area (Å²) >= 11 is 0. The highest BCUT2D eigenvalue weighted by atomic mass is 32.2. The van der Waals surface area contributed by atoms with Gasteiger partial charge in [0.25, 0.3) is 0 Å². The fourth-order valence-electron chi connectivity index (χ4n) is 1.31. The number of hydrogen-bond donors (Lipinski definition) is 0. The molecular formula is C12H16O4S. The van der Waals surface area contributed by atoms with E-state index in [4.69, 9.17) is 4.74 Å². The number of benzene rings is 1. The van der Waals surface area contributed by atoms with Gasteiger partial charge in [0.2, 0.25) is 0 Å². The molecule has 1 rings (SSSR count). The fourth-order valence-corrected chi connectivity index (χ4v) is 2.91. The van der Waals surface area contributed by atoms with E-state index < -0.39 is 15.6 Å². The quantitative estimate of drug-likeness (QED) is 0.804. The number of para-hydroxylation sites is 1. The predicted octanol–water partition coefficient (Wildman–Crippen LogP) is 1.69. The SMILES string of the molecule is COc1ccccc1S(=O)(=O)CC(=O)C(C)C. The zero-order valence-electron chi connectivity index (χ0n) is 10.1. The molecule has 0 saturated heterocycles. The summed E-state index contributed by atoms with van der Waals surface area (Å²) in [5.74, 6) is -0.801. The van der Waals surface area contributed by atoms with Crippen LogP contribution in [0.1, 0.15) is 13.8 Å². The molecule has 0 fully saturated rings. The van der Waals surface area contributed by atoms with Gasteiger partial charge < -0.3 is 4.74 Å². The van der Waals surface area contributed by atoms with Crippen LogP contribution in [-0.4, -0.2) is 27.1 Å². The first-order valence-corrected chi connectivity index (χ1v) is 6.92. The van der Waals surface area contributed by atoms with Crippen LogP contribution in [-0.2, 0) is 14.6 Å².